The summed E-state index contributed by atoms with van der Waals surface area (Å²) in [6.07, 6.45) is -5.03. The third kappa shape index (κ3) is 3.26. The minimum atomic E-state index is -5.03. The maximum absolute atomic E-state index is 12.7. The highest BCUT2D eigenvalue weighted by Crippen LogP contribution is 2.43. The number of alkyl halides is 3. The minimum Gasteiger partial charge on any atom is -0.490 e. The zero-order valence-corrected chi connectivity index (χ0v) is 10.6. The lowest BCUT2D eigenvalue weighted by molar-refractivity contribution is -0.386. The standard InChI is InChI=1S/C8H5ClF3NO5S/c1-18-7-5(8(10,11)12)2-4(19(9,16)17)3-6(7)13(14)15/h2-3H,1H3. The molecule has 0 fully saturated rings. The molecule has 1 rings (SSSR count). The number of halogens is 4. The minimum absolute atomic E-state index is 0.175. The molecule has 0 N–H and O–H groups in total. The molecule has 0 unspecified atom stereocenters. The van der Waals surface area contributed by atoms with Crippen LogP contribution in [0.2, 0.25) is 0 Å². The highest BCUT2D eigenvalue weighted by atomic mass is 35.7. The van der Waals surface area contributed by atoms with Crippen LogP contribution in [0, 0.1) is 10.1 Å². The largest absolute Gasteiger partial charge is 0.490 e. The van der Waals surface area contributed by atoms with Crippen LogP contribution in [0.4, 0.5) is 18.9 Å². The third-order valence-electron chi connectivity index (χ3n) is 2.03. The molecule has 1 aromatic carbocycles. The average molecular weight is 320 g/mol. The molecule has 19 heavy (non-hydrogen) atoms. The Morgan fingerprint density at radius 3 is 2.21 bits per heavy atom. The molecule has 0 aromatic heterocycles. The zero-order chi connectivity index (χ0) is 15.0. The van der Waals surface area contributed by atoms with Gasteiger partial charge in [-0.2, -0.15) is 13.2 Å². The first-order valence-corrected chi connectivity index (χ1v) is 6.67. The average Bonchev–Trinajstić information content (AvgIpc) is 2.24. The molecule has 0 atom stereocenters. The van der Waals surface area contributed by atoms with Gasteiger partial charge in [0.05, 0.1) is 16.9 Å². The predicted molar refractivity (Wildman–Crippen MR) is 57.7 cm³/mol. The first-order chi connectivity index (χ1) is 8.48. The Hall–Kier alpha value is -1.55. The lowest BCUT2D eigenvalue weighted by Gasteiger charge is -2.12. The Morgan fingerprint density at radius 2 is 1.89 bits per heavy atom. The molecule has 0 aliphatic carbocycles. The van der Waals surface area contributed by atoms with Crippen LogP contribution in [0.15, 0.2) is 17.0 Å². The van der Waals surface area contributed by atoms with Crippen molar-refractivity contribution in [1.82, 2.24) is 0 Å². The quantitative estimate of drug-likeness (QED) is 0.485. The van der Waals surface area contributed by atoms with Gasteiger partial charge in [0, 0.05) is 16.7 Å². The fraction of sp³-hybridized carbons (Fsp3) is 0.250. The maximum atomic E-state index is 12.7. The first kappa shape index (κ1) is 15.5. The normalized spacial score (nSPS) is 12.3. The van der Waals surface area contributed by atoms with Crippen molar-refractivity contribution in [3.05, 3.63) is 27.8 Å². The van der Waals surface area contributed by atoms with Crippen molar-refractivity contribution >= 4 is 25.4 Å². The second kappa shape index (κ2) is 4.85. The second-order valence-corrected chi connectivity index (χ2v) is 5.78. The summed E-state index contributed by atoms with van der Waals surface area (Å²) < 4.78 is 64.5. The molecule has 106 valence electrons. The van der Waals surface area contributed by atoms with E-state index in [4.69, 9.17) is 10.7 Å². The first-order valence-electron chi connectivity index (χ1n) is 4.36. The number of hydrogen-bond donors (Lipinski definition) is 0. The number of hydrogen-bond acceptors (Lipinski definition) is 5. The summed E-state index contributed by atoms with van der Waals surface area (Å²) in [7, 11) is 1.14. The Balaban J connectivity index is 3.80. The van der Waals surface area contributed by atoms with Gasteiger partial charge in [-0.15, -0.1) is 0 Å². The van der Waals surface area contributed by atoms with Crippen LogP contribution in [0.3, 0.4) is 0 Å². The summed E-state index contributed by atoms with van der Waals surface area (Å²) in [5.74, 6) is -1.08. The molecular formula is C8H5ClF3NO5S. The Labute approximate surface area is 109 Å². The van der Waals surface area contributed by atoms with E-state index in [1.165, 1.54) is 0 Å². The summed E-state index contributed by atoms with van der Waals surface area (Å²) in [4.78, 5) is 8.43. The molecule has 1 aromatic rings. The number of methoxy groups -OCH3 is 1. The number of ether oxygens (including phenoxy) is 1. The SMILES string of the molecule is COc1c([N+](=O)[O-])cc(S(=O)(=O)Cl)cc1C(F)(F)F. The van der Waals surface area contributed by atoms with Crippen LogP contribution < -0.4 is 4.74 Å². The molecule has 0 heterocycles. The van der Waals surface area contributed by atoms with Crippen molar-refractivity contribution in [2.45, 2.75) is 11.1 Å². The number of benzene rings is 1. The predicted octanol–water partition coefficient (Wildman–Crippen LogP) is 2.55. The Morgan fingerprint density at radius 1 is 1.37 bits per heavy atom. The summed E-state index contributed by atoms with van der Waals surface area (Å²) in [5.41, 5.74) is -2.74. The van der Waals surface area contributed by atoms with Gasteiger partial charge in [-0.25, -0.2) is 8.42 Å². The van der Waals surface area contributed by atoms with E-state index in [-0.39, 0.29) is 6.07 Å². The van der Waals surface area contributed by atoms with Crippen LogP contribution in [-0.4, -0.2) is 20.5 Å². The highest BCUT2D eigenvalue weighted by molar-refractivity contribution is 8.13. The fourth-order valence-corrected chi connectivity index (χ4v) is 2.07. The summed E-state index contributed by atoms with van der Waals surface area (Å²) in [6.45, 7) is 0. The van der Waals surface area contributed by atoms with Gasteiger partial charge in [0.25, 0.3) is 9.05 Å². The van der Waals surface area contributed by atoms with Crippen molar-refractivity contribution in [2.24, 2.45) is 0 Å². The van der Waals surface area contributed by atoms with Crippen LogP contribution in [0.25, 0.3) is 0 Å². The van der Waals surface area contributed by atoms with Crippen LogP contribution in [-0.2, 0) is 15.2 Å². The molecular weight excluding hydrogens is 315 g/mol. The van der Waals surface area contributed by atoms with E-state index in [2.05, 4.69) is 4.74 Å². The summed E-state index contributed by atoms with van der Waals surface area (Å²) >= 11 is 0. The topological polar surface area (TPSA) is 86.5 Å². The lowest BCUT2D eigenvalue weighted by atomic mass is 10.1. The molecule has 0 spiro atoms. The van der Waals surface area contributed by atoms with Gasteiger partial charge in [-0.1, -0.05) is 0 Å². The van der Waals surface area contributed by atoms with Crippen molar-refractivity contribution in [2.75, 3.05) is 7.11 Å². The molecule has 0 saturated heterocycles. The Kier molecular flexibility index (Phi) is 3.96. The van der Waals surface area contributed by atoms with Gasteiger partial charge in [0.2, 0.25) is 5.75 Å². The van der Waals surface area contributed by atoms with Gasteiger partial charge >= 0.3 is 11.9 Å². The van der Waals surface area contributed by atoms with E-state index >= 15 is 0 Å². The van der Waals surface area contributed by atoms with E-state index in [1.54, 1.807) is 0 Å². The summed E-state index contributed by atoms with van der Waals surface area (Å²) in [5, 5.41) is 10.7. The Bertz CT molecular complexity index is 628. The van der Waals surface area contributed by atoms with Crippen molar-refractivity contribution in [1.29, 1.82) is 0 Å². The van der Waals surface area contributed by atoms with E-state index in [0.717, 1.165) is 7.11 Å². The molecule has 0 amide bonds. The smallest absolute Gasteiger partial charge is 0.420 e. The number of nitrogens with zero attached hydrogens (tertiary/aromatic N) is 1. The van der Waals surface area contributed by atoms with Crippen molar-refractivity contribution < 1.29 is 31.2 Å². The van der Waals surface area contributed by atoms with E-state index < -0.39 is 42.0 Å². The van der Waals surface area contributed by atoms with Gasteiger partial charge < -0.3 is 4.74 Å². The molecule has 0 bridgehead atoms. The number of nitro groups is 1. The van der Waals surface area contributed by atoms with Crippen LogP contribution in [0.1, 0.15) is 5.56 Å². The third-order valence-corrected chi connectivity index (χ3v) is 3.36. The van der Waals surface area contributed by atoms with Gasteiger partial charge in [-0.05, 0) is 6.07 Å². The molecule has 0 aliphatic rings. The maximum Gasteiger partial charge on any atom is 0.420 e. The van der Waals surface area contributed by atoms with Crippen LogP contribution >= 0.6 is 10.7 Å². The highest BCUT2D eigenvalue weighted by Gasteiger charge is 2.39. The van der Waals surface area contributed by atoms with E-state index in [0.29, 0.717) is 6.07 Å². The molecule has 0 radical (unpaired) electrons. The van der Waals surface area contributed by atoms with Gasteiger partial charge in [0.15, 0.2) is 0 Å². The van der Waals surface area contributed by atoms with Gasteiger partial charge in [0.1, 0.15) is 5.56 Å². The number of rotatable bonds is 3. The monoisotopic (exact) mass is 319 g/mol. The summed E-state index contributed by atoms with van der Waals surface area (Å²) in [6, 6.07) is 0.574. The lowest BCUT2D eigenvalue weighted by Crippen LogP contribution is -2.11. The number of nitro benzene ring substituents is 1. The zero-order valence-electron chi connectivity index (χ0n) is 9.06. The second-order valence-electron chi connectivity index (χ2n) is 3.22. The van der Waals surface area contributed by atoms with Crippen molar-refractivity contribution in [3.63, 3.8) is 0 Å². The molecule has 6 nitrogen and oxygen atoms in total. The fourth-order valence-electron chi connectivity index (χ4n) is 1.29. The molecule has 0 saturated carbocycles. The molecule has 11 heteroatoms. The van der Waals surface area contributed by atoms with E-state index in [1.807, 2.05) is 0 Å². The van der Waals surface area contributed by atoms with Crippen LogP contribution in [0.5, 0.6) is 5.75 Å². The van der Waals surface area contributed by atoms with Crippen molar-refractivity contribution in [3.8, 4) is 5.75 Å². The molecule has 0 aliphatic heterocycles. The van der Waals surface area contributed by atoms with Gasteiger partial charge in [-0.3, -0.25) is 10.1 Å². The van der Waals surface area contributed by atoms with E-state index in [9.17, 15) is 31.7 Å².